The molecule has 0 aliphatic carbocycles. The SMILES string of the molecule is CC(=O)N1CCN(c2ccc(CNCl)cc2)CC1C(F)(F)F. The van der Waals surface area contributed by atoms with Gasteiger partial charge in [-0.25, -0.2) is 4.84 Å². The number of nitrogens with zero attached hydrogens (tertiary/aromatic N) is 2. The third-order valence-corrected chi connectivity index (χ3v) is 3.87. The number of carbonyl (C=O) groups is 1. The second-order valence-corrected chi connectivity index (χ2v) is 5.46. The van der Waals surface area contributed by atoms with Gasteiger partial charge in [-0.1, -0.05) is 12.1 Å². The van der Waals surface area contributed by atoms with E-state index < -0.39 is 18.1 Å². The number of piperazine rings is 1. The quantitative estimate of drug-likeness (QED) is 0.862. The maximum absolute atomic E-state index is 13.2. The average Bonchev–Trinajstić information content (AvgIpc) is 2.47. The molecule has 1 aromatic carbocycles. The maximum atomic E-state index is 13.2. The van der Waals surface area contributed by atoms with Gasteiger partial charge in [0.1, 0.15) is 6.04 Å². The monoisotopic (exact) mass is 335 g/mol. The van der Waals surface area contributed by atoms with Crippen molar-refractivity contribution >= 4 is 23.4 Å². The van der Waals surface area contributed by atoms with Gasteiger partial charge in [0, 0.05) is 38.8 Å². The van der Waals surface area contributed by atoms with Gasteiger partial charge in [0.2, 0.25) is 5.91 Å². The lowest BCUT2D eigenvalue weighted by Crippen LogP contribution is -2.60. The minimum Gasteiger partial charge on any atom is -0.367 e. The van der Waals surface area contributed by atoms with Crippen LogP contribution in [0.25, 0.3) is 0 Å². The minimum absolute atomic E-state index is 0.0600. The Kier molecular flexibility index (Phi) is 5.18. The Labute approximate surface area is 131 Å². The van der Waals surface area contributed by atoms with Crippen molar-refractivity contribution in [1.82, 2.24) is 9.74 Å². The van der Waals surface area contributed by atoms with Gasteiger partial charge in [0.25, 0.3) is 0 Å². The summed E-state index contributed by atoms with van der Waals surface area (Å²) in [4.78, 5) is 16.4. The molecule has 1 aromatic rings. The van der Waals surface area contributed by atoms with Crippen LogP contribution in [0, 0.1) is 0 Å². The molecule has 1 aliphatic heterocycles. The van der Waals surface area contributed by atoms with E-state index in [-0.39, 0.29) is 13.1 Å². The van der Waals surface area contributed by atoms with Crippen molar-refractivity contribution in [1.29, 1.82) is 0 Å². The zero-order valence-corrected chi connectivity index (χ0v) is 12.8. The fraction of sp³-hybridized carbons (Fsp3) is 0.500. The first-order valence-corrected chi connectivity index (χ1v) is 7.22. The first kappa shape index (κ1) is 16.9. The molecule has 1 unspecified atom stereocenters. The summed E-state index contributed by atoms with van der Waals surface area (Å²) in [6.07, 6.45) is -4.44. The molecule has 2 rings (SSSR count). The highest BCUT2D eigenvalue weighted by Gasteiger charge is 2.47. The summed E-state index contributed by atoms with van der Waals surface area (Å²) in [5.74, 6) is -0.550. The van der Waals surface area contributed by atoms with E-state index in [4.69, 9.17) is 11.8 Å². The molecule has 1 atom stereocenters. The molecule has 0 aromatic heterocycles. The Bertz CT molecular complexity index is 521. The Morgan fingerprint density at radius 2 is 1.95 bits per heavy atom. The topological polar surface area (TPSA) is 35.6 Å². The number of rotatable bonds is 3. The normalized spacial score (nSPS) is 19.4. The Hall–Kier alpha value is -1.47. The Morgan fingerprint density at radius 1 is 1.32 bits per heavy atom. The van der Waals surface area contributed by atoms with E-state index in [1.165, 1.54) is 6.92 Å². The van der Waals surface area contributed by atoms with Crippen LogP contribution in [0.1, 0.15) is 12.5 Å². The van der Waals surface area contributed by atoms with Crippen LogP contribution in [0.4, 0.5) is 18.9 Å². The number of carbonyl (C=O) groups excluding carboxylic acids is 1. The van der Waals surface area contributed by atoms with Gasteiger partial charge in [-0.3, -0.25) is 4.79 Å². The molecule has 1 N–H and O–H groups in total. The van der Waals surface area contributed by atoms with Crippen LogP contribution in [0.3, 0.4) is 0 Å². The molecule has 1 fully saturated rings. The fourth-order valence-electron chi connectivity index (χ4n) is 2.58. The van der Waals surface area contributed by atoms with Crippen LogP contribution in [0.2, 0.25) is 0 Å². The maximum Gasteiger partial charge on any atom is 0.410 e. The first-order valence-electron chi connectivity index (χ1n) is 6.84. The van der Waals surface area contributed by atoms with Crippen molar-refractivity contribution in [2.75, 3.05) is 24.5 Å². The number of amides is 1. The average molecular weight is 336 g/mol. The summed E-state index contributed by atoms with van der Waals surface area (Å²) in [6.45, 7) is 1.83. The van der Waals surface area contributed by atoms with Gasteiger partial charge >= 0.3 is 6.18 Å². The van der Waals surface area contributed by atoms with Gasteiger partial charge in [-0.15, -0.1) is 0 Å². The van der Waals surface area contributed by atoms with Gasteiger partial charge in [0.05, 0.1) is 0 Å². The van der Waals surface area contributed by atoms with Crippen molar-refractivity contribution in [3.8, 4) is 0 Å². The number of hydrogen-bond acceptors (Lipinski definition) is 3. The largest absolute Gasteiger partial charge is 0.410 e. The Morgan fingerprint density at radius 3 is 2.45 bits per heavy atom. The molecule has 1 heterocycles. The zero-order chi connectivity index (χ0) is 16.3. The summed E-state index contributed by atoms with van der Waals surface area (Å²) in [7, 11) is 0. The van der Waals surface area contributed by atoms with Gasteiger partial charge < -0.3 is 9.80 Å². The number of alkyl halides is 3. The van der Waals surface area contributed by atoms with E-state index in [9.17, 15) is 18.0 Å². The second kappa shape index (κ2) is 6.75. The van der Waals surface area contributed by atoms with E-state index in [1.54, 1.807) is 17.0 Å². The van der Waals surface area contributed by atoms with Crippen LogP contribution < -0.4 is 9.74 Å². The highest BCUT2D eigenvalue weighted by Crippen LogP contribution is 2.30. The third-order valence-electron chi connectivity index (χ3n) is 3.74. The molecule has 1 saturated heterocycles. The summed E-state index contributed by atoms with van der Waals surface area (Å²) in [5, 5.41) is 0. The highest BCUT2D eigenvalue weighted by atomic mass is 35.5. The standard InChI is InChI=1S/C14H17ClF3N3O/c1-10(22)21-7-6-20(9-13(21)14(16,17)18)12-4-2-11(3-5-12)8-19-15/h2-5,13,19H,6-9H2,1H3. The van der Waals surface area contributed by atoms with Crippen molar-refractivity contribution in [2.45, 2.75) is 25.7 Å². The fourth-order valence-corrected chi connectivity index (χ4v) is 2.73. The van der Waals surface area contributed by atoms with Crippen LogP contribution in [-0.4, -0.2) is 42.7 Å². The van der Waals surface area contributed by atoms with E-state index in [0.29, 0.717) is 18.8 Å². The minimum atomic E-state index is -4.44. The molecule has 122 valence electrons. The number of anilines is 1. The third kappa shape index (κ3) is 3.84. The highest BCUT2D eigenvalue weighted by molar-refractivity contribution is 6.13. The van der Waals surface area contributed by atoms with Crippen LogP contribution in [0.5, 0.6) is 0 Å². The lowest BCUT2D eigenvalue weighted by atomic mass is 10.1. The number of nitrogens with one attached hydrogen (secondary N) is 1. The molecule has 1 aliphatic rings. The molecule has 22 heavy (non-hydrogen) atoms. The molecule has 0 bridgehead atoms. The molecule has 8 heteroatoms. The molecule has 4 nitrogen and oxygen atoms in total. The molecule has 0 saturated carbocycles. The van der Waals surface area contributed by atoms with Crippen molar-refractivity contribution in [2.24, 2.45) is 0 Å². The number of hydrogen-bond donors (Lipinski definition) is 1. The smallest absolute Gasteiger partial charge is 0.367 e. The first-order chi connectivity index (χ1) is 10.3. The van der Waals surface area contributed by atoms with E-state index in [2.05, 4.69) is 4.84 Å². The number of benzene rings is 1. The zero-order valence-electron chi connectivity index (χ0n) is 12.0. The summed E-state index contributed by atoms with van der Waals surface area (Å²) in [6, 6.07) is 5.37. The van der Waals surface area contributed by atoms with Crippen molar-refractivity contribution in [3.63, 3.8) is 0 Å². The number of halogens is 4. The predicted octanol–water partition coefficient (Wildman–Crippen LogP) is 2.53. The van der Waals surface area contributed by atoms with E-state index in [0.717, 1.165) is 10.5 Å². The van der Waals surface area contributed by atoms with Crippen LogP contribution in [0.15, 0.2) is 24.3 Å². The van der Waals surface area contributed by atoms with Crippen LogP contribution >= 0.6 is 11.8 Å². The van der Waals surface area contributed by atoms with Gasteiger partial charge in [-0.05, 0) is 29.5 Å². The summed E-state index contributed by atoms with van der Waals surface area (Å²) < 4.78 is 39.5. The molecule has 0 spiro atoms. The summed E-state index contributed by atoms with van der Waals surface area (Å²) in [5.41, 5.74) is 1.64. The van der Waals surface area contributed by atoms with Gasteiger partial charge in [-0.2, -0.15) is 13.2 Å². The molecular formula is C14H17ClF3N3O. The van der Waals surface area contributed by atoms with Crippen molar-refractivity contribution in [3.05, 3.63) is 29.8 Å². The second-order valence-electron chi connectivity index (χ2n) is 5.19. The van der Waals surface area contributed by atoms with E-state index >= 15 is 0 Å². The molecule has 0 radical (unpaired) electrons. The van der Waals surface area contributed by atoms with E-state index in [1.807, 2.05) is 12.1 Å². The van der Waals surface area contributed by atoms with Crippen molar-refractivity contribution < 1.29 is 18.0 Å². The predicted molar refractivity (Wildman–Crippen MR) is 78.6 cm³/mol. The van der Waals surface area contributed by atoms with Crippen LogP contribution in [-0.2, 0) is 11.3 Å². The summed E-state index contributed by atoms with van der Waals surface area (Å²) >= 11 is 5.42. The Balaban J connectivity index is 2.15. The molecular weight excluding hydrogens is 319 g/mol. The lowest BCUT2D eigenvalue weighted by Gasteiger charge is -2.42. The van der Waals surface area contributed by atoms with Gasteiger partial charge in [0.15, 0.2) is 0 Å². The molecule has 1 amide bonds. The lowest BCUT2D eigenvalue weighted by molar-refractivity contribution is -0.189.